The predicted molar refractivity (Wildman–Crippen MR) is 194 cm³/mol. The second-order valence-corrected chi connectivity index (χ2v) is 16.6. The molecule has 49 heavy (non-hydrogen) atoms. The highest BCUT2D eigenvalue weighted by Crippen LogP contribution is 2.31. The molecule has 260 valence electrons. The Morgan fingerprint density at radius 1 is 1.02 bits per heavy atom. The summed E-state index contributed by atoms with van der Waals surface area (Å²) in [4.78, 5) is 25.2. The second kappa shape index (κ2) is 14.3. The maximum Gasteiger partial charge on any atom is 0.335 e. The number of nitrogens with zero attached hydrogens (tertiary/aromatic N) is 4. The van der Waals surface area contributed by atoms with Crippen molar-refractivity contribution in [2.45, 2.75) is 78.3 Å². The molecule has 0 radical (unpaired) electrons. The molecule has 3 N–H and O–H groups in total. The number of carboxylic acids is 1. The second-order valence-electron chi connectivity index (χ2n) is 13.9. The fourth-order valence-corrected chi connectivity index (χ4v) is 7.88. The molecule has 0 saturated carbocycles. The molecule has 0 aliphatic rings. The zero-order chi connectivity index (χ0) is 35.7. The Balaban J connectivity index is 1.42. The number of hydrogen-bond donors (Lipinski definition) is 3. The molecule has 0 bridgehead atoms. The van der Waals surface area contributed by atoms with Gasteiger partial charge in [0.1, 0.15) is 11.6 Å². The van der Waals surface area contributed by atoms with Gasteiger partial charge in [0.05, 0.1) is 20.9 Å². The van der Waals surface area contributed by atoms with Crippen LogP contribution in [-0.2, 0) is 23.6 Å². The number of sulfonamides is 1. The molecule has 11 nitrogen and oxygen atoms in total. The number of aromatic nitrogens is 4. The third kappa shape index (κ3) is 8.64. The van der Waals surface area contributed by atoms with Gasteiger partial charge in [-0.15, -0.1) is 11.3 Å². The number of anilines is 1. The van der Waals surface area contributed by atoms with Gasteiger partial charge < -0.3 is 19.7 Å². The van der Waals surface area contributed by atoms with Crippen LogP contribution in [0, 0.1) is 19.3 Å². The third-order valence-electron chi connectivity index (χ3n) is 8.14. The first-order valence-electron chi connectivity index (χ1n) is 16.1. The molecule has 2 aromatic carbocycles. The smallest absolute Gasteiger partial charge is 0.335 e. The predicted octanol–water partition coefficient (Wildman–Crippen LogP) is 7.30. The number of benzene rings is 2. The molecule has 13 heteroatoms. The lowest BCUT2D eigenvalue weighted by Gasteiger charge is -2.26. The van der Waals surface area contributed by atoms with E-state index in [1.807, 2.05) is 32.0 Å². The van der Waals surface area contributed by atoms with Crippen molar-refractivity contribution >= 4 is 43.6 Å². The first-order chi connectivity index (χ1) is 23.0. The van der Waals surface area contributed by atoms with Crippen molar-refractivity contribution in [1.29, 1.82) is 0 Å². The number of carboxylic acid groups (broad SMARTS) is 1. The highest BCUT2D eigenvalue weighted by Gasteiger charge is 2.23. The van der Waals surface area contributed by atoms with Crippen LogP contribution >= 0.6 is 11.3 Å². The molecule has 0 saturated heterocycles. The Morgan fingerprint density at radius 2 is 1.71 bits per heavy atom. The number of nitrogens with one attached hydrogen (secondary N) is 2. The number of fused-ring (bicyclic) bond motifs is 1. The van der Waals surface area contributed by atoms with Gasteiger partial charge >= 0.3 is 5.97 Å². The summed E-state index contributed by atoms with van der Waals surface area (Å²) in [7, 11) is -2.17. The summed E-state index contributed by atoms with van der Waals surface area (Å²) in [6, 6.07) is 14.8. The monoisotopic (exact) mass is 704 g/mol. The van der Waals surface area contributed by atoms with Crippen molar-refractivity contribution in [2.75, 3.05) is 11.3 Å². The van der Waals surface area contributed by atoms with Gasteiger partial charge in [-0.2, -0.15) is 4.98 Å². The third-order valence-corrected chi connectivity index (χ3v) is 10.5. The van der Waals surface area contributed by atoms with E-state index < -0.39 is 16.0 Å². The molecule has 0 unspecified atom stereocenters. The fraction of sp³-hybridized carbons (Fsp3) is 0.389. The Hall–Kier alpha value is -4.33. The van der Waals surface area contributed by atoms with Crippen LogP contribution in [0.3, 0.4) is 0 Å². The van der Waals surface area contributed by atoms with E-state index in [4.69, 9.17) is 9.72 Å². The molecular formula is C36H44N6O5S2. The van der Waals surface area contributed by atoms with Crippen molar-refractivity contribution in [3.8, 4) is 17.1 Å². The number of ether oxygens (including phenoxy) is 1. The molecule has 1 atom stereocenters. The van der Waals surface area contributed by atoms with Crippen molar-refractivity contribution in [1.82, 2.24) is 24.8 Å². The molecule has 0 spiro atoms. The zero-order valence-corrected chi connectivity index (χ0v) is 30.8. The number of aryl methyl sites for hydroxylation is 3. The van der Waals surface area contributed by atoms with E-state index in [1.165, 1.54) is 23.9 Å². The lowest BCUT2D eigenvalue weighted by atomic mass is 9.88. The van der Waals surface area contributed by atoms with Crippen LogP contribution in [0.2, 0.25) is 0 Å². The van der Waals surface area contributed by atoms with E-state index in [2.05, 4.69) is 72.3 Å². The van der Waals surface area contributed by atoms with E-state index in [1.54, 1.807) is 17.4 Å². The van der Waals surface area contributed by atoms with Crippen molar-refractivity contribution in [3.63, 3.8) is 0 Å². The van der Waals surface area contributed by atoms with Crippen LogP contribution in [0.5, 0.6) is 5.88 Å². The minimum Gasteiger partial charge on any atom is -0.478 e. The number of rotatable bonds is 13. The minimum atomic E-state index is -4.23. The number of carbonyl (C=O) groups is 1. The van der Waals surface area contributed by atoms with Gasteiger partial charge in [0.2, 0.25) is 11.8 Å². The Morgan fingerprint density at radius 3 is 2.35 bits per heavy atom. The first-order valence-corrected chi connectivity index (χ1v) is 18.4. The summed E-state index contributed by atoms with van der Waals surface area (Å²) in [6.07, 6.45) is 0.795. The summed E-state index contributed by atoms with van der Waals surface area (Å²) in [5.41, 5.74) is 5.32. The summed E-state index contributed by atoms with van der Waals surface area (Å²) < 4.78 is 38.9. The SMILES string of the molecule is Cc1cccc(C)c1-c1cc(OC[C@@H](CC(C)(C)C)NCc2nc3c(cc(C(C)C)n3C)s2)nc(NS(=O)(=O)c2cccc(C(=O)O)c2)n1. The van der Waals surface area contributed by atoms with E-state index in [9.17, 15) is 18.3 Å². The topological polar surface area (TPSA) is 148 Å². The summed E-state index contributed by atoms with van der Waals surface area (Å²) in [6.45, 7) is 15.6. The van der Waals surface area contributed by atoms with Gasteiger partial charge in [0, 0.05) is 37.0 Å². The van der Waals surface area contributed by atoms with Crippen molar-refractivity contribution < 1.29 is 23.1 Å². The number of aromatic carboxylic acids is 1. The van der Waals surface area contributed by atoms with Gasteiger partial charge in [-0.1, -0.05) is 58.9 Å². The van der Waals surface area contributed by atoms with Gasteiger partial charge in [-0.3, -0.25) is 0 Å². The minimum absolute atomic E-state index is 0.0127. The average Bonchev–Trinajstić information content (AvgIpc) is 3.56. The van der Waals surface area contributed by atoms with Gasteiger partial charge in [0.15, 0.2) is 5.65 Å². The van der Waals surface area contributed by atoms with Crippen LogP contribution in [0.4, 0.5) is 5.95 Å². The average molecular weight is 705 g/mol. The van der Waals surface area contributed by atoms with E-state index in [-0.39, 0.29) is 40.4 Å². The van der Waals surface area contributed by atoms with Crippen LogP contribution in [0.1, 0.15) is 79.1 Å². The molecule has 0 amide bonds. The zero-order valence-electron chi connectivity index (χ0n) is 29.2. The van der Waals surface area contributed by atoms with Crippen molar-refractivity contribution in [2.24, 2.45) is 12.5 Å². The highest BCUT2D eigenvalue weighted by molar-refractivity contribution is 7.92. The molecule has 5 aromatic rings. The van der Waals surface area contributed by atoms with Gasteiger partial charge in [0.25, 0.3) is 10.0 Å². The fourth-order valence-electron chi connectivity index (χ4n) is 5.90. The van der Waals surface area contributed by atoms with Crippen LogP contribution < -0.4 is 14.8 Å². The van der Waals surface area contributed by atoms with Crippen LogP contribution in [-0.4, -0.2) is 51.7 Å². The Bertz CT molecular complexity index is 2080. The van der Waals surface area contributed by atoms with Gasteiger partial charge in [-0.05, 0) is 67.0 Å². The lowest BCUT2D eigenvalue weighted by molar-refractivity contribution is 0.0696. The summed E-state index contributed by atoms with van der Waals surface area (Å²) in [5.74, 6) is -0.807. The number of thiazole rings is 1. The summed E-state index contributed by atoms with van der Waals surface area (Å²) >= 11 is 1.68. The van der Waals surface area contributed by atoms with Crippen molar-refractivity contribution in [3.05, 3.63) is 82.0 Å². The molecular weight excluding hydrogens is 661 g/mol. The molecule has 3 aromatic heterocycles. The first kappa shape index (κ1) is 36.0. The maximum absolute atomic E-state index is 13.4. The normalized spacial score (nSPS) is 12.8. The molecule has 0 aliphatic heterocycles. The largest absolute Gasteiger partial charge is 0.478 e. The molecule has 0 fully saturated rings. The molecule has 5 rings (SSSR count). The Labute approximate surface area is 291 Å². The Kier molecular flexibility index (Phi) is 10.5. The molecule has 3 heterocycles. The maximum atomic E-state index is 13.4. The van der Waals surface area contributed by atoms with E-state index >= 15 is 0 Å². The van der Waals surface area contributed by atoms with E-state index in [0.29, 0.717) is 18.2 Å². The van der Waals surface area contributed by atoms with E-state index in [0.717, 1.165) is 44.5 Å². The standard InChI is InChI=1S/C36H44N6O5S2/c1-21(2)28-17-29-33(42(28)8)40-31(48-29)19-37-25(18-36(5,6)7)20-47-30-16-27(32-22(3)11-9-12-23(32)4)38-35(39-30)41-49(45,46)26-14-10-13-24(15-26)34(43)44/h9-17,21,25,37H,18-20H2,1-8H3,(H,43,44)(H,38,39,41)/t25-/m1/s1. The van der Waals surface area contributed by atoms with Gasteiger partial charge in [-0.25, -0.2) is 27.9 Å². The van der Waals surface area contributed by atoms with Crippen LogP contribution in [0.25, 0.3) is 21.6 Å². The number of hydrogen-bond acceptors (Lipinski definition) is 9. The highest BCUT2D eigenvalue weighted by atomic mass is 32.2. The van der Waals surface area contributed by atoms with Crippen LogP contribution in [0.15, 0.2) is 59.5 Å². The lowest BCUT2D eigenvalue weighted by Crippen LogP contribution is -2.37. The summed E-state index contributed by atoms with van der Waals surface area (Å²) in [5, 5.41) is 14.0. The molecule has 0 aliphatic carbocycles. The quantitative estimate of drug-likeness (QED) is 0.115.